The van der Waals surface area contributed by atoms with Gasteiger partial charge in [-0.25, -0.2) is 0 Å². The molecule has 1 saturated heterocycles. The molecular formula is C16H31NO. The molecule has 18 heavy (non-hydrogen) atoms. The second kappa shape index (κ2) is 6.21. The maximum absolute atomic E-state index is 6.10. The molecular weight excluding hydrogens is 222 g/mol. The van der Waals surface area contributed by atoms with Gasteiger partial charge >= 0.3 is 0 Å². The Kier molecular flexibility index (Phi) is 5.42. The van der Waals surface area contributed by atoms with E-state index in [4.69, 9.17) is 4.74 Å². The van der Waals surface area contributed by atoms with Crippen molar-refractivity contribution in [2.45, 2.75) is 65.6 Å². The van der Waals surface area contributed by atoms with Gasteiger partial charge in [-0.1, -0.05) is 26.8 Å². The third-order valence-electron chi connectivity index (χ3n) is 3.82. The molecule has 1 heterocycles. The van der Waals surface area contributed by atoms with E-state index in [1.807, 2.05) is 0 Å². The summed E-state index contributed by atoms with van der Waals surface area (Å²) in [4.78, 5) is 0. The van der Waals surface area contributed by atoms with Gasteiger partial charge in [0.15, 0.2) is 0 Å². The predicted molar refractivity (Wildman–Crippen MR) is 78.8 cm³/mol. The highest BCUT2D eigenvalue weighted by Crippen LogP contribution is 2.36. The average Bonchev–Trinajstić information content (AvgIpc) is 2.57. The number of ether oxygens (including phenoxy) is 1. The minimum Gasteiger partial charge on any atom is -0.372 e. The molecule has 2 unspecified atom stereocenters. The van der Waals surface area contributed by atoms with Crippen LogP contribution in [0.25, 0.3) is 0 Å². The molecule has 1 fully saturated rings. The molecule has 2 atom stereocenters. The SMILES string of the molecule is C=CC(C)(CNCC(C)C)CC1CCC(C)(C)O1. The Morgan fingerprint density at radius 2 is 2.17 bits per heavy atom. The molecule has 1 aliphatic rings. The summed E-state index contributed by atoms with van der Waals surface area (Å²) in [5.74, 6) is 0.695. The van der Waals surface area contributed by atoms with E-state index < -0.39 is 0 Å². The van der Waals surface area contributed by atoms with Crippen molar-refractivity contribution in [3.05, 3.63) is 12.7 Å². The maximum Gasteiger partial charge on any atom is 0.0631 e. The minimum atomic E-state index is 0.0676. The molecule has 0 radical (unpaired) electrons. The van der Waals surface area contributed by atoms with Crippen LogP contribution in [0.4, 0.5) is 0 Å². The Bertz CT molecular complexity index is 272. The van der Waals surface area contributed by atoms with Crippen molar-refractivity contribution < 1.29 is 4.74 Å². The van der Waals surface area contributed by atoms with Crippen LogP contribution in [0.1, 0.15) is 53.9 Å². The topological polar surface area (TPSA) is 21.3 Å². The zero-order valence-corrected chi connectivity index (χ0v) is 12.9. The highest BCUT2D eigenvalue weighted by atomic mass is 16.5. The van der Waals surface area contributed by atoms with Crippen LogP contribution < -0.4 is 5.32 Å². The molecule has 0 saturated carbocycles. The highest BCUT2D eigenvalue weighted by Gasteiger charge is 2.35. The van der Waals surface area contributed by atoms with E-state index in [1.54, 1.807) is 0 Å². The molecule has 2 nitrogen and oxygen atoms in total. The first-order chi connectivity index (χ1) is 8.26. The fraction of sp³-hybridized carbons (Fsp3) is 0.875. The van der Waals surface area contributed by atoms with Crippen LogP contribution in [-0.2, 0) is 4.74 Å². The summed E-state index contributed by atoms with van der Waals surface area (Å²) in [5.41, 5.74) is 0.206. The van der Waals surface area contributed by atoms with Crippen LogP contribution in [0.2, 0.25) is 0 Å². The van der Waals surface area contributed by atoms with Crippen molar-refractivity contribution >= 4 is 0 Å². The number of hydrogen-bond acceptors (Lipinski definition) is 2. The molecule has 106 valence electrons. The second-order valence-electron chi connectivity index (χ2n) is 7.13. The van der Waals surface area contributed by atoms with Gasteiger partial charge in [0.05, 0.1) is 11.7 Å². The Balaban J connectivity index is 2.42. The van der Waals surface area contributed by atoms with E-state index in [-0.39, 0.29) is 11.0 Å². The smallest absolute Gasteiger partial charge is 0.0631 e. The Hall–Kier alpha value is -0.340. The van der Waals surface area contributed by atoms with E-state index in [0.29, 0.717) is 12.0 Å². The third-order valence-corrected chi connectivity index (χ3v) is 3.82. The van der Waals surface area contributed by atoms with Gasteiger partial charge < -0.3 is 10.1 Å². The lowest BCUT2D eigenvalue weighted by Gasteiger charge is -2.30. The zero-order chi connectivity index (χ0) is 13.8. The lowest BCUT2D eigenvalue weighted by Crippen LogP contribution is -2.35. The standard InChI is InChI=1S/C16H31NO/c1-7-16(6,12-17-11-13(2)3)10-14-8-9-15(4,5)18-14/h7,13-14,17H,1,8-12H2,2-6H3. The number of nitrogens with one attached hydrogen (secondary N) is 1. The average molecular weight is 253 g/mol. The van der Waals surface area contributed by atoms with E-state index in [9.17, 15) is 0 Å². The first-order valence-electron chi connectivity index (χ1n) is 7.28. The molecule has 0 spiro atoms. The highest BCUT2D eigenvalue weighted by molar-refractivity contribution is 4.96. The van der Waals surface area contributed by atoms with Gasteiger partial charge in [-0.2, -0.15) is 0 Å². The first kappa shape index (κ1) is 15.7. The van der Waals surface area contributed by atoms with Gasteiger partial charge in [0.1, 0.15) is 0 Å². The van der Waals surface area contributed by atoms with Crippen molar-refractivity contribution in [1.29, 1.82) is 0 Å². The van der Waals surface area contributed by atoms with Crippen LogP contribution in [0.5, 0.6) is 0 Å². The van der Waals surface area contributed by atoms with E-state index >= 15 is 0 Å². The molecule has 0 amide bonds. The lowest BCUT2D eigenvalue weighted by atomic mass is 9.83. The molecule has 1 aliphatic heterocycles. The number of hydrogen-bond donors (Lipinski definition) is 1. The van der Waals surface area contributed by atoms with E-state index in [2.05, 4.69) is 52.6 Å². The molecule has 0 aromatic heterocycles. The predicted octanol–water partition coefficient (Wildman–Crippen LogP) is 3.77. The van der Waals surface area contributed by atoms with Crippen molar-refractivity contribution in [1.82, 2.24) is 5.32 Å². The van der Waals surface area contributed by atoms with Crippen LogP contribution >= 0.6 is 0 Å². The quantitative estimate of drug-likeness (QED) is 0.697. The van der Waals surface area contributed by atoms with Crippen LogP contribution in [-0.4, -0.2) is 24.8 Å². The fourth-order valence-electron chi connectivity index (χ4n) is 2.62. The van der Waals surface area contributed by atoms with Crippen molar-refractivity contribution in [3.8, 4) is 0 Å². The summed E-state index contributed by atoms with van der Waals surface area (Å²) < 4.78 is 6.10. The molecule has 0 aromatic rings. The Morgan fingerprint density at radius 3 is 2.61 bits per heavy atom. The summed E-state index contributed by atoms with van der Waals surface area (Å²) in [7, 11) is 0. The van der Waals surface area contributed by atoms with Gasteiger partial charge in [-0.05, 0) is 45.6 Å². The van der Waals surface area contributed by atoms with Crippen LogP contribution in [0.15, 0.2) is 12.7 Å². The largest absolute Gasteiger partial charge is 0.372 e. The molecule has 0 aliphatic carbocycles. The normalized spacial score (nSPS) is 26.2. The molecule has 0 aromatic carbocycles. The van der Waals surface area contributed by atoms with E-state index in [1.165, 1.54) is 12.8 Å². The lowest BCUT2D eigenvalue weighted by molar-refractivity contribution is -0.0290. The molecule has 1 N–H and O–H groups in total. The summed E-state index contributed by atoms with van der Waals surface area (Å²) >= 11 is 0. The van der Waals surface area contributed by atoms with E-state index in [0.717, 1.165) is 19.5 Å². The molecule has 2 heteroatoms. The maximum atomic E-state index is 6.10. The second-order valence-corrected chi connectivity index (χ2v) is 7.13. The van der Waals surface area contributed by atoms with Gasteiger partial charge in [0.2, 0.25) is 0 Å². The van der Waals surface area contributed by atoms with Gasteiger partial charge in [-0.15, -0.1) is 6.58 Å². The summed E-state index contributed by atoms with van der Waals surface area (Å²) in [6.07, 6.45) is 5.91. The Labute approximate surface area is 113 Å². The number of rotatable bonds is 7. The fourth-order valence-corrected chi connectivity index (χ4v) is 2.62. The van der Waals surface area contributed by atoms with Crippen molar-refractivity contribution in [2.24, 2.45) is 11.3 Å². The summed E-state index contributed by atoms with van der Waals surface area (Å²) in [6.45, 7) is 17.2. The first-order valence-corrected chi connectivity index (χ1v) is 7.28. The molecule has 1 rings (SSSR count). The van der Waals surface area contributed by atoms with Crippen molar-refractivity contribution in [3.63, 3.8) is 0 Å². The van der Waals surface area contributed by atoms with Crippen LogP contribution in [0, 0.1) is 11.3 Å². The Morgan fingerprint density at radius 1 is 1.50 bits per heavy atom. The monoisotopic (exact) mass is 253 g/mol. The van der Waals surface area contributed by atoms with Gasteiger partial charge in [-0.3, -0.25) is 0 Å². The molecule has 0 bridgehead atoms. The van der Waals surface area contributed by atoms with Gasteiger partial charge in [0.25, 0.3) is 0 Å². The van der Waals surface area contributed by atoms with Crippen molar-refractivity contribution in [2.75, 3.05) is 13.1 Å². The zero-order valence-electron chi connectivity index (χ0n) is 12.9. The van der Waals surface area contributed by atoms with Gasteiger partial charge in [0, 0.05) is 12.0 Å². The minimum absolute atomic E-state index is 0.0676. The third kappa shape index (κ3) is 5.11. The summed E-state index contributed by atoms with van der Waals surface area (Å²) in [5, 5.41) is 3.54. The van der Waals surface area contributed by atoms with Crippen LogP contribution in [0.3, 0.4) is 0 Å². The summed E-state index contributed by atoms with van der Waals surface area (Å²) in [6, 6.07) is 0.